The van der Waals surface area contributed by atoms with E-state index in [9.17, 15) is 0 Å². The molecule has 0 amide bonds. The maximum absolute atomic E-state index is 2.36. The Morgan fingerprint density at radius 3 is 2.58 bits per heavy atom. The van der Waals surface area contributed by atoms with Crippen molar-refractivity contribution in [2.75, 3.05) is 5.75 Å². The van der Waals surface area contributed by atoms with E-state index in [0.717, 1.165) is 5.92 Å². The highest BCUT2D eigenvalue weighted by atomic mass is 32.2. The summed E-state index contributed by atoms with van der Waals surface area (Å²) in [6.07, 6.45) is 2.36. The molecule has 0 aliphatic carbocycles. The van der Waals surface area contributed by atoms with Gasteiger partial charge in [-0.1, -0.05) is 43.3 Å². The third-order valence-corrected chi connectivity index (χ3v) is 3.37. The van der Waals surface area contributed by atoms with Crippen LogP contribution in [0.5, 0.6) is 0 Å². The molecule has 1 atom stereocenters. The molecule has 1 aromatic rings. The lowest BCUT2D eigenvalue weighted by molar-refractivity contribution is 0.862. The van der Waals surface area contributed by atoms with Gasteiger partial charge in [0.05, 0.1) is 0 Å². The summed E-state index contributed by atoms with van der Waals surface area (Å²) in [7, 11) is 0. The van der Waals surface area contributed by atoms with E-state index >= 15 is 0 Å². The second kappa shape index (κ2) is 3.36. The summed E-state index contributed by atoms with van der Waals surface area (Å²) >= 11 is 1.96. The van der Waals surface area contributed by atoms with Gasteiger partial charge < -0.3 is 0 Å². The predicted octanol–water partition coefficient (Wildman–Crippen LogP) is 3.41. The molecule has 0 nitrogen and oxygen atoms in total. The maximum atomic E-state index is 2.36. The Bertz CT molecular complexity index is 287. The van der Waals surface area contributed by atoms with Crippen molar-refractivity contribution in [2.45, 2.75) is 6.92 Å². The molecule has 0 radical (unpaired) electrons. The van der Waals surface area contributed by atoms with Crippen molar-refractivity contribution in [3.05, 3.63) is 42.0 Å². The lowest BCUT2D eigenvalue weighted by Crippen LogP contribution is -1.83. The van der Waals surface area contributed by atoms with Crippen molar-refractivity contribution in [3.63, 3.8) is 0 Å². The standard InChI is InChI=1S/C11H12S/c1-9-7-11(12-8-9)10-5-3-2-4-6-10/h2-7,9H,8H2,1H3. The van der Waals surface area contributed by atoms with E-state index in [2.05, 4.69) is 43.3 Å². The van der Waals surface area contributed by atoms with Crippen molar-refractivity contribution in [3.8, 4) is 0 Å². The van der Waals surface area contributed by atoms with Gasteiger partial charge in [-0.15, -0.1) is 11.8 Å². The molecule has 2 rings (SSSR count). The summed E-state index contributed by atoms with van der Waals surface area (Å²) in [5.41, 5.74) is 1.37. The predicted molar refractivity (Wildman–Crippen MR) is 56.0 cm³/mol. The zero-order valence-electron chi connectivity index (χ0n) is 7.16. The van der Waals surface area contributed by atoms with Gasteiger partial charge in [0.15, 0.2) is 0 Å². The number of hydrogen-bond acceptors (Lipinski definition) is 1. The molecule has 0 aromatic heterocycles. The van der Waals surface area contributed by atoms with Crippen LogP contribution in [0.3, 0.4) is 0 Å². The van der Waals surface area contributed by atoms with E-state index in [-0.39, 0.29) is 0 Å². The monoisotopic (exact) mass is 176 g/mol. The molecule has 0 N–H and O–H groups in total. The maximum Gasteiger partial charge on any atom is 0.0108 e. The van der Waals surface area contributed by atoms with Crippen molar-refractivity contribution in [2.24, 2.45) is 5.92 Å². The highest BCUT2D eigenvalue weighted by molar-refractivity contribution is 8.08. The molecule has 0 fully saturated rings. The van der Waals surface area contributed by atoms with Crippen LogP contribution in [0.1, 0.15) is 12.5 Å². The van der Waals surface area contributed by atoms with Crippen molar-refractivity contribution in [1.29, 1.82) is 0 Å². The third kappa shape index (κ3) is 1.56. The summed E-state index contributed by atoms with van der Waals surface area (Å²) < 4.78 is 0. The van der Waals surface area contributed by atoms with E-state index < -0.39 is 0 Å². The van der Waals surface area contributed by atoms with E-state index in [1.54, 1.807) is 0 Å². The molecule has 1 unspecified atom stereocenters. The van der Waals surface area contributed by atoms with E-state index in [1.165, 1.54) is 16.2 Å². The van der Waals surface area contributed by atoms with E-state index in [0.29, 0.717) is 0 Å². The van der Waals surface area contributed by atoms with E-state index in [4.69, 9.17) is 0 Å². The first-order valence-corrected chi connectivity index (χ1v) is 5.25. The van der Waals surface area contributed by atoms with Crippen LogP contribution in [-0.2, 0) is 0 Å². The van der Waals surface area contributed by atoms with E-state index in [1.807, 2.05) is 11.8 Å². The molecule has 1 aliphatic heterocycles. The smallest absolute Gasteiger partial charge is 0.0108 e. The van der Waals surface area contributed by atoms with Crippen LogP contribution < -0.4 is 0 Å². The first-order valence-electron chi connectivity index (χ1n) is 4.26. The summed E-state index contributed by atoms with van der Waals surface area (Å²) in [6, 6.07) is 10.6. The Morgan fingerprint density at radius 2 is 2.00 bits per heavy atom. The number of thioether (sulfide) groups is 1. The average Bonchev–Trinajstić information content (AvgIpc) is 2.54. The van der Waals surface area contributed by atoms with Gasteiger partial charge in [0.1, 0.15) is 0 Å². The highest BCUT2D eigenvalue weighted by Crippen LogP contribution is 2.36. The molecular weight excluding hydrogens is 164 g/mol. The number of allylic oxidation sites excluding steroid dienone is 1. The highest BCUT2D eigenvalue weighted by Gasteiger charge is 2.12. The normalized spacial score (nSPS) is 22.4. The van der Waals surface area contributed by atoms with Gasteiger partial charge in [0, 0.05) is 10.7 Å². The molecular formula is C11H12S. The molecule has 0 saturated heterocycles. The Labute approximate surface area is 77.7 Å². The topological polar surface area (TPSA) is 0 Å². The van der Waals surface area contributed by atoms with Crippen molar-refractivity contribution >= 4 is 16.7 Å². The van der Waals surface area contributed by atoms with Gasteiger partial charge in [0.25, 0.3) is 0 Å². The van der Waals surface area contributed by atoms with Crippen LogP contribution in [0.4, 0.5) is 0 Å². The molecule has 62 valence electrons. The lowest BCUT2D eigenvalue weighted by Gasteiger charge is -1.98. The minimum atomic E-state index is 0.741. The Balaban J connectivity index is 2.27. The summed E-state index contributed by atoms with van der Waals surface area (Å²) in [5.74, 6) is 1.98. The van der Waals surface area contributed by atoms with Crippen LogP contribution in [0.2, 0.25) is 0 Å². The first-order chi connectivity index (χ1) is 5.86. The number of hydrogen-bond donors (Lipinski definition) is 0. The van der Waals surface area contributed by atoms with Gasteiger partial charge in [0.2, 0.25) is 0 Å². The van der Waals surface area contributed by atoms with Crippen LogP contribution in [0, 0.1) is 5.92 Å². The molecule has 12 heavy (non-hydrogen) atoms. The Hall–Kier alpha value is -0.690. The molecule has 0 spiro atoms. The number of benzene rings is 1. The molecule has 1 aliphatic rings. The lowest BCUT2D eigenvalue weighted by atomic mass is 10.1. The quantitative estimate of drug-likeness (QED) is 0.632. The zero-order valence-corrected chi connectivity index (χ0v) is 7.97. The summed E-state index contributed by atoms with van der Waals surface area (Å²) in [4.78, 5) is 1.45. The second-order valence-electron chi connectivity index (χ2n) is 3.19. The molecule has 1 heteroatoms. The van der Waals surface area contributed by atoms with Crippen molar-refractivity contribution < 1.29 is 0 Å². The minimum absolute atomic E-state index is 0.741. The average molecular weight is 176 g/mol. The number of rotatable bonds is 1. The fourth-order valence-corrected chi connectivity index (χ4v) is 2.53. The van der Waals surface area contributed by atoms with Crippen LogP contribution in [0.15, 0.2) is 36.4 Å². The van der Waals surface area contributed by atoms with Gasteiger partial charge in [-0.3, -0.25) is 0 Å². The first kappa shape index (κ1) is 7.93. The van der Waals surface area contributed by atoms with Gasteiger partial charge in [-0.2, -0.15) is 0 Å². The van der Waals surface area contributed by atoms with Crippen LogP contribution in [-0.4, -0.2) is 5.75 Å². The zero-order chi connectivity index (χ0) is 8.39. The molecule has 0 bridgehead atoms. The molecule has 0 saturated carbocycles. The fraction of sp³-hybridized carbons (Fsp3) is 0.273. The van der Waals surface area contributed by atoms with Crippen LogP contribution >= 0.6 is 11.8 Å². The largest absolute Gasteiger partial charge is 0.125 e. The van der Waals surface area contributed by atoms with Gasteiger partial charge in [-0.05, 0) is 11.5 Å². The fourth-order valence-electron chi connectivity index (χ4n) is 1.36. The van der Waals surface area contributed by atoms with Crippen molar-refractivity contribution in [1.82, 2.24) is 0 Å². The summed E-state index contributed by atoms with van der Waals surface area (Å²) in [6.45, 7) is 2.27. The van der Waals surface area contributed by atoms with Gasteiger partial charge in [-0.25, -0.2) is 0 Å². The van der Waals surface area contributed by atoms with Crippen LogP contribution in [0.25, 0.3) is 4.91 Å². The third-order valence-electron chi connectivity index (χ3n) is 2.00. The molecule has 1 heterocycles. The molecule has 1 aromatic carbocycles. The summed E-state index contributed by atoms with van der Waals surface area (Å²) in [5, 5.41) is 0. The second-order valence-corrected chi connectivity index (χ2v) is 4.25. The Kier molecular flexibility index (Phi) is 2.22. The Morgan fingerprint density at radius 1 is 1.25 bits per heavy atom. The van der Waals surface area contributed by atoms with Gasteiger partial charge >= 0.3 is 0 Å². The SMILES string of the molecule is CC1C=C(c2ccccc2)SC1. The minimum Gasteiger partial charge on any atom is -0.125 e.